The van der Waals surface area contributed by atoms with Crippen molar-refractivity contribution in [2.24, 2.45) is 5.92 Å². The van der Waals surface area contributed by atoms with Crippen molar-refractivity contribution >= 4 is 11.8 Å². The first-order valence-corrected chi connectivity index (χ1v) is 5.93. The van der Waals surface area contributed by atoms with Gasteiger partial charge in [0.25, 0.3) is 0 Å². The summed E-state index contributed by atoms with van der Waals surface area (Å²) < 4.78 is 9.99. The summed E-state index contributed by atoms with van der Waals surface area (Å²) in [4.78, 5) is 23.4. The monoisotopic (exact) mass is 250 g/mol. The molecule has 98 valence electrons. The van der Waals surface area contributed by atoms with Gasteiger partial charge in [0.1, 0.15) is 5.75 Å². The third-order valence-electron chi connectivity index (χ3n) is 2.58. The molecule has 0 aliphatic rings. The predicted octanol–water partition coefficient (Wildman–Crippen LogP) is 2.47. The zero-order valence-electron chi connectivity index (χ0n) is 10.9. The molecule has 1 aromatic rings. The average molecular weight is 250 g/mol. The Kier molecular flexibility index (Phi) is 5.36. The van der Waals surface area contributed by atoms with Crippen molar-refractivity contribution < 1.29 is 19.1 Å². The SMILES string of the molecule is CCOc1ccccc1C(=O)CC(C)C(=O)OC. The van der Waals surface area contributed by atoms with Gasteiger partial charge in [0.15, 0.2) is 5.78 Å². The van der Waals surface area contributed by atoms with Crippen LogP contribution in [0.4, 0.5) is 0 Å². The first-order valence-electron chi connectivity index (χ1n) is 5.93. The Labute approximate surface area is 107 Å². The van der Waals surface area contributed by atoms with Gasteiger partial charge in [0.05, 0.1) is 25.2 Å². The van der Waals surface area contributed by atoms with Crippen LogP contribution in [-0.4, -0.2) is 25.5 Å². The predicted molar refractivity (Wildman–Crippen MR) is 67.7 cm³/mol. The summed E-state index contributed by atoms with van der Waals surface area (Å²) >= 11 is 0. The fourth-order valence-corrected chi connectivity index (χ4v) is 1.65. The molecule has 1 atom stereocenters. The molecule has 1 aromatic carbocycles. The van der Waals surface area contributed by atoms with Crippen molar-refractivity contribution in [1.29, 1.82) is 0 Å². The number of rotatable bonds is 6. The summed E-state index contributed by atoms with van der Waals surface area (Å²) in [6, 6.07) is 7.04. The Morgan fingerprint density at radius 1 is 1.28 bits per heavy atom. The Hall–Kier alpha value is -1.84. The summed E-state index contributed by atoms with van der Waals surface area (Å²) in [5.74, 6) is -0.381. The molecule has 4 nitrogen and oxygen atoms in total. The summed E-state index contributed by atoms with van der Waals surface area (Å²) in [5, 5.41) is 0. The Morgan fingerprint density at radius 2 is 1.94 bits per heavy atom. The molecule has 0 heterocycles. The van der Waals surface area contributed by atoms with E-state index in [1.807, 2.05) is 13.0 Å². The van der Waals surface area contributed by atoms with E-state index in [0.717, 1.165) is 0 Å². The molecule has 0 fully saturated rings. The second kappa shape index (κ2) is 6.79. The van der Waals surface area contributed by atoms with Crippen LogP contribution >= 0.6 is 0 Å². The zero-order valence-corrected chi connectivity index (χ0v) is 10.9. The number of benzene rings is 1. The Morgan fingerprint density at radius 3 is 2.56 bits per heavy atom. The van der Waals surface area contributed by atoms with E-state index in [1.54, 1.807) is 25.1 Å². The number of Topliss-reactive ketones (excluding diaryl/α,β-unsaturated/α-hetero) is 1. The lowest BCUT2D eigenvalue weighted by molar-refractivity contribution is -0.144. The minimum atomic E-state index is -0.447. The molecular formula is C14H18O4. The fraction of sp³-hybridized carbons (Fsp3) is 0.429. The van der Waals surface area contributed by atoms with Crippen LogP contribution in [0.5, 0.6) is 5.75 Å². The van der Waals surface area contributed by atoms with E-state index < -0.39 is 5.92 Å². The average Bonchev–Trinajstić information content (AvgIpc) is 2.38. The quantitative estimate of drug-likeness (QED) is 0.575. The van der Waals surface area contributed by atoms with Crippen LogP contribution < -0.4 is 4.74 Å². The van der Waals surface area contributed by atoms with Crippen LogP contribution in [0.15, 0.2) is 24.3 Å². The topological polar surface area (TPSA) is 52.6 Å². The van der Waals surface area contributed by atoms with E-state index in [0.29, 0.717) is 17.9 Å². The molecule has 4 heteroatoms. The highest BCUT2D eigenvalue weighted by molar-refractivity contribution is 6.00. The molecule has 0 bridgehead atoms. The molecule has 0 amide bonds. The number of esters is 1. The highest BCUT2D eigenvalue weighted by Crippen LogP contribution is 2.21. The van der Waals surface area contributed by atoms with Crippen molar-refractivity contribution in [2.45, 2.75) is 20.3 Å². The van der Waals surface area contributed by atoms with Crippen molar-refractivity contribution in [3.8, 4) is 5.75 Å². The number of hydrogen-bond acceptors (Lipinski definition) is 4. The molecule has 0 saturated carbocycles. The largest absolute Gasteiger partial charge is 0.493 e. The number of ketones is 1. The number of carbonyl (C=O) groups excluding carboxylic acids is 2. The number of hydrogen-bond donors (Lipinski definition) is 0. The minimum Gasteiger partial charge on any atom is -0.493 e. The highest BCUT2D eigenvalue weighted by atomic mass is 16.5. The lowest BCUT2D eigenvalue weighted by atomic mass is 9.99. The third-order valence-corrected chi connectivity index (χ3v) is 2.58. The van der Waals surface area contributed by atoms with Crippen molar-refractivity contribution in [2.75, 3.05) is 13.7 Å². The molecular weight excluding hydrogens is 232 g/mol. The van der Waals surface area contributed by atoms with Gasteiger partial charge in [-0.2, -0.15) is 0 Å². The van der Waals surface area contributed by atoms with Gasteiger partial charge < -0.3 is 9.47 Å². The van der Waals surface area contributed by atoms with E-state index in [-0.39, 0.29) is 18.2 Å². The number of ether oxygens (including phenoxy) is 2. The van der Waals surface area contributed by atoms with E-state index in [1.165, 1.54) is 7.11 Å². The van der Waals surface area contributed by atoms with E-state index in [2.05, 4.69) is 4.74 Å². The first-order chi connectivity index (χ1) is 8.60. The Bertz CT molecular complexity index is 426. The lowest BCUT2D eigenvalue weighted by Crippen LogP contribution is -2.17. The molecule has 1 rings (SSSR count). The van der Waals surface area contributed by atoms with Crippen molar-refractivity contribution in [3.63, 3.8) is 0 Å². The summed E-state index contributed by atoms with van der Waals surface area (Å²) in [6.45, 7) is 4.03. The molecule has 0 aromatic heterocycles. The summed E-state index contributed by atoms with van der Waals surface area (Å²) in [7, 11) is 1.32. The normalized spacial score (nSPS) is 11.7. The summed E-state index contributed by atoms with van der Waals surface area (Å²) in [5.41, 5.74) is 0.509. The maximum Gasteiger partial charge on any atom is 0.308 e. The smallest absolute Gasteiger partial charge is 0.308 e. The van der Waals surface area contributed by atoms with E-state index in [9.17, 15) is 9.59 Å². The van der Waals surface area contributed by atoms with Crippen LogP contribution in [0.3, 0.4) is 0 Å². The van der Waals surface area contributed by atoms with Crippen LogP contribution in [-0.2, 0) is 9.53 Å². The molecule has 1 unspecified atom stereocenters. The molecule has 0 saturated heterocycles. The highest BCUT2D eigenvalue weighted by Gasteiger charge is 2.20. The Balaban J connectivity index is 2.81. The van der Waals surface area contributed by atoms with E-state index in [4.69, 9.17) is 4.74 Å². The molecule has 0 spiro atoms. The van der Waals surface area contributed by atoms with Gasteiger partial charge in [-0.05, 0) is 19.1 Å². The van der Waals surface area contributed by atoms with Gasteiger partial charge >= 0.3 is 5.97 Å². The number of carbonyl (C=O) groups is 2. The van der Waals surface area contributed by atoms with E-state index >= 15 is 0 Å². The van der Waals surface area contributed by atoms with Crippen molar-refractivity contribution in [1.82, 2.24) is 0 Å². The van der Waals surface area contributed by atoms with Crippen LogP contribution in [0.25, 0.3) is 0 Å². The maximum absolute atomic E-state index is 12.1. The van der Waals surface area contributed by atoms with Crippen LogP contribution in [0.2, 0.25) is 0 Å². The van der Waals surface area contributed by atoms with Crippen LogP contribution in [0.1, 0.15) is 30.6 Å². The number of methoxy groups -OCH3 is 1. The molecule has 18 heavy (non-hydrogen) atoms. The number of para-hydroxylation sites is 1. The standard InChI is InChI=1S/C14H18O4/c1-4-18-13-8-6-5-7-11(13)12(15)9-10(2)14(16)17-3/h5-8,10H,4,9H2,1-3H3. The van der Waals surface area contributed by atoms with Gasteiger partial charge in [0.2, 0.25) is 0 Å². The van der Waals surface area contributed by atoms with Gasteiger partial charge in [-0.15, -0.1) is 0 Å². The van der Waals surface area contributed by atoms with Crippen LogP contribution in [0, 0.1) is 5.92 Å². The van der Waals surface area contributed by atoms with Gasteiger partial charge in [-0.1, -0.05) is 19.1 Å². The lowest BCUT2D eigenvalue weighted by Gasteiger charge is -2.11. The second-order valence-electron chi connectivity index (χ2n) is 3.98. The van der Waals surface area contributed by atoms with Gasteiger partial charge in [0, 0.05) is 6.42 Å². The summed E-state index contributed by atoms with van der Waals surface area (Å²) in [6.07, 6.45) is 0.122. The minimum absolute atomic E-state index is 0.114. The van der Waals surface area contributed by atoms with Gasteiger partial charge in [-0.25, -0.2) is 0 Å². The zero-order chi connectivity index (χ0) is 13.5. The first kappa shape index (κ1) is 14.2. The second-order valence-corrected chi connectivity index (χ2v) is 3.98. The maximum atomic E-state index is 12.1. The van der Waals surface area contributed by atoms with Gasteiger partial charge in [-0.3, -0.25) is 9.59 Å². The molecule has 0 aliphatic carbocycles. The third kappa shape index (κ3) is 3.58. The molecule has 0 aliphatic heterocycles. The molecule has 0 radical (unpaired) electrons. The van der Waals surface area contributed by atoms with Crippen molar-refractivity contribution in [3.05, 3.63) is 29.8 Å². The molecule has 0 N–H and O–H groups in total. The fourth-order valence-electron chi connectivity index (χ4n) is 1.65.